The van der Waals surface area contributed by atoms with Crippen LogP contribution in [0.15, 0.2) is 73.1 Å². The third kappa shape index (κ3) is 5.89. The number of rotatable bonds is 10. The van der Waals surface area contributed by atoms with Gasteiger partial charge in [0.15, 0.2) is 0 Å². The van der Waals surface area contributed by atoms with E-state index in [1.807, 2.05) is 67.7 Å². The first-order valence-corrected chi connectivity index (χ1v) is 15.1. The van der Waals surface area contributed by atoms with Crippen LogP contribution in [0.4, 0.5) is 5.69 Å². The number of anilines is 1. The first kappa shape index (κ1) is 27.8. The maximum absolute atomic E-state index is 13.7. The molecule has 0 fully saturated rings. The Hall–Kier alpha value is -3.73. The quantitative estimate of drug-likeness (QED) is 0.274. The highest BCUT2D eigenvalue weighted by Gasteiger charge is 2.29. The summed E-state index contributed by atoms with van der Waals surface area (Å²) in [7, 11) is -1.97. The minimum atomic E-state index is -3.52. The summed E-state index contributed by atoms with van der Waals surface area (Å²) in [4.78, 5) is 18.0. The third-order valence-electron chi connectivity index (χ3n) is 7.49. The molecule has 3 heterocycles. The second-order valence-electron chi connectivity index (χ2n) is 10.2. The summed E-state index contributed by atoms with van der Waals surface area (Å²) in [5, 5.41) is 18.3. The lowest BCUT2D eigenvalue weighted by Crippen LogP contribution is -2.48. The van der Waals surface area contributed by atoms with E-state index in [0.29, 0.717) is 37.2 Å². The van der Waals surface area contributed by atoms with Crippen LogP contribution in [0.3, 0.4) is 0 Å². The highest BCUT2D eigenvalue weighted by atomic mass is 32.2. The van der Waals surface area contributed by atoms with Crippen molar-refractivity contribution in [3.63, 3.8) is 0 Å². The maximum atomic E-state index is 13.7. The predicted octanol–water partition coefficient (Wildman–Crippen LogP) is 2.87. The topological polar surface area (TPSA) is 117 Å². The molecule has 0 radical (unpaired) electrons. The van der Waals surface area contributed by atoms with Crippen molar-refractivity contribution in [2.24, 2.45) is 0 Å². The molecule has 10 heteroatoms. The summed E-state index contributed by atoms with van der Waals surface area (Å²) in [5.74, 6) is -0.359. The minimum Gasteiger partial charge on any atom is -0.390 e. The highest BCUT2D eigenvalue weighted by molar-refractivity contribution is 7.92. The number of carbonyl (C=O) groups is 1. The molecule has 9 nitrogen and oxygen atoms in total. The predicted molar refractivity (Wildman–Crippen MR) is 157 cm³/mol. The molecule has 3 N–H and O–H groups in total. The van der Waals surface area contributed by atoms with Crippen LogP contribution in [0.1, 0.15) is 34.1 Å². The summed E-state index contributed by atoms with van der Waals surface area (Å²) >= 11 is 0. The number of aryl methyl sites for hydroxylation is 2. The number of hydrogen-bond donors (Lipinski definition) is 3. The Labute approximate surface area is 234 Å². The zero-order chi connectivity index (χ0) is 28.3. The number of aliphatic hydroxyl groups is 1. The summed E-state index contributed by atoms with van der Waals surface area (Å²) in [5.41, 5.74) is 4.46. The molecule has 4 aromatic rings. The van der Waals surface area contributed by atoms with Gasteiger partial charge in [-0.25, -0.2) is 8.42 Å². The van der Waals surface area contributed by atoms with Gasteiger partial charge in [-0.2, -0.15) is 0 Å². The van der Waals surface area contributed by atoms with Crippen molar-refractivity contribution in [3.05, 3.63) is 95.4 Å². The molecule has 0 aliphatic carbocycles. The van der Waals surface area contributed by atoms with Crippen LogP contribution in [0.25, 0.3) is 10.9 Å². The minimum absolute atomic E-state index is 0.0133. The van der Waals surface area contributed by atoms with E-state index in [1.54, 1.807) is 19.3 Å². The van der Waals surface area contributed by atoms with Gasteiger partial charge in [-0.15, -0.1) is 0 Å². The average Bonchev–Trinajstić information content (AvgIpc) is 3.29. The van der Waals surface area contributed by atoms with Gasteiger partial charge in [-0.1, -0.05) is 36.4 Å². The number of sulfonamides is 1. The summed E-state index contributed by atoms with van der Waals surface area (Å²) in [6, 6.07) is 18.2. The Morgan fingerprint density at radius 1 is 1.12 bits per heavy atom. The summed E-state index contributed by atoms with van der Waals surface area (Å²) < 4.78 is 29.1. The van der Waals surface area contributed by atoms with Crippen LogP contribution >= 0.6 is 0 Å². The molecule has 1 aliphatic heterocycles. The molecule has 5 rings (SSSR count). The van der Waals surface area contributed by atoms with Gasteiger partial charge in [-0.3, -0.25) is 14.1 Å². The van der Waals surface area contributed by atoms with Gasteiger partial charge in [0.1, 0.15) is 0 Å². The van der Waals surface area contributed by atoms with Gasteiger partial charge in [-0.05, 0) is 55.2 Å². The van der Waals surface area contributed by atoms with Crippen LogP contribution in [0, 0.1) is 0 Å². The molecule has 40 heavy (non-hydrogen) atoms. The zero-order valence-electron chi connectivity index (χ0n) is 22.7. The lowest BCUT2D eigenvalue weighted by molar-refractivity contribution is 0.0830. The highest BCUT2D eigenvalue weighted by Crippen LogP contribution is 2.36. The van der Waals surface area contributed by atoms with Crippen molar-refractivity contribution in [1.29, 1.82) is 0 Å². The van der Waals surface area contributed by atoms with E-state index in [1.165, 1.54) is 4.31 Å². The molecule has 2 atom stereocenters. The van der Waals surface area contributed by atoms with Gasteiger partial charge in [0.2, 0.25) is 10.0 Å². The number of benzene rings is 2. The summed E-state index contributed by atoms with van der Waals surface area (Å²) in [6.07, 6.45) is 3.68. The van der Waals surface area contributed by atoms with Crippen molar-refractivity contribution < 1.29 is 18.3 Å². The fraction of sp³-hybridized carbons (Fsp3) is 0.333. The Balaban J connectivity index is 1.42. The Bertz CT molecular complexity index is 1590. The second kappa shape index (κ2) is 11.8. The van der Waals surface area contributed by atoms with Crippen LogP contribution in [0.5, 0.6) is 0 Å². The van der Waals surface area contributed by atoms with Gasteiger partial charge in [0, 0.05) is 50.0 Å². The maximum Gasteiger partial charge on any atom is 0.251 e. The van der Waals surface area contributed by atoms with Crippen molar-refractivity contribution in [2.45, 2.75) is 45.0 Å². The van der Waals surface area contributed by atoms with E-state index >= 15 is 0 Å². The number of nitrogens with one attached hydrogen (secondary N) is 2. The average molecular weight is 562 g/mol. The van der Waals surface area contributed by atoms with Gasteiger partial charge < -0.3 is 20.3 Å². The van der Waals surface area contributed by atoms with Gasteiger partial charge in [0.05, 0.1) is 34.8 Å². The number of carbonyl (C=O) groups excluding carboxylic acids is 1. The molecule has 2 aromatic heterocycles. The summed E-state index contributed by atoms with van der Waals surface area (Å²) in [6.45, 7) is 3.45. The second-order valence-corrected chi connectivity index (χ2v) is 12.3. The van der Waals surface area contributed by atoms with E-state index in [0.717, 1.165) is 27.7 Å². The Morgan fingerprint density at radius 3 is 2.62 bits per heavy atom. The van der Waals surface area contributed by atoms with Crippen LogP contribution < -0.4 is 14.9 Å². The standard InChI is InChI=1S/C30H35N5O4S/c1-3-35-20-22-12-14-40(38,39)34(2)26-16-23(17-27(35)29(22)26)30(37)33-25(15-21-9-5-4-6-10-21)28(36)19-31-18-24-11-7-8-13-32-24/h4-11,13,16-17,20,25,28,31,36H,3,12,14-15,18-19H2,1-2H3,(H,33,37)/t25-,28+/m0/s1. The number of nitrogens with zero attached hydrogens (tertiary/aromatic N) is 3. The molecule has 0 bridgehead atoms. The number of hydrogen-bond acceptors (Lipinski definition) is 6. The largest absolute Gasteiger partial charge is 0.390 e. The molecule has 210 valence electrons. The lowest BCUT2D eigenvalue weighted by Gasteiger charge is -2.25. The molecule has 2 aromatic carbocycles. The van der Waals surface area contributed by atoms with Gasteiger partial charge in [0.25, 0.3) is 5.91 Å². The fourth-order valence-electron chi connectivity index (χ4n) is 5.24. The van der Waals surface area contributed by atoms with E-state index in [9.17, 15) is 18.3 Å². The normalized spacial score (nSPS) is 15.9. The van der Waals surface area contributed by atoms with Crippen molar-refractivity contribution in [1.82, 2.24) is 20.2 Å². The first-order chi connectivity index (χ1) is 19.3. The monoisotopic (exact) mass is 561 g/mol. The zero-order valence-corrected chi connectivity index (χ0v) is 23.6. The molecule has 0 unspecified atom stereocenters. The Kier molecular flexibility index (Phi) is 8.20. The molecule has 0 spiro atoms. The van der Waals surface area contributed by atoms with Crippen molar-refractivity contribution in [3.8, 4) is 0 Å². The number of pyridine rings is 1. The lowest BCUT2D eigenvalue weighted by atomic mass is 10.00. The number of aliphatic hydroxyl groups excluding tert-OH is 1. The number of aromatic nitrogens is 2. The molecular formula is C30H35N5O4S. The third-order valence-corrected chi connectivity index (χ3v) is 9.24. The molecule has 0 saturated carbocycles. The van der Waals surface area contributed by atoms with E-state index in [4.69, 9.17) is 0 Å². The molecule has 1 aliphatic rings. The molecule has 0 saturated heterocycles. The van der Waals surface area contributed by atoms with Crippen LogP contribution in [0.2, 0.25) is 0 Å². The number of amides is 1. The van der Waals surface area contributed by atoms with E-state index in [-0.39, 0.29) is 18.2 Å². The van der Waals surface area contributed by atoms with Crippen molar-refractivity contribution >= 4 is 32.5 Å². The molecule has 1 amide bonds. The Morgan fingerprint density at radius 2 is 1.90 bits per heavy atom. The van der Waals surface area contributed by atoms with E-state index in [2.05, 4.69) is 20.2 Å². The SMILES string of the molecule is CCn1cc2c3c(cc(C(=O)N[C@@H](Cc4ccccc4)[C@H](O)CNCc4ccccn4)cc31)N(C)S(=O)(=O)CC2. The first-order valence-electron chi connectivity index (χ1n) is 13.5. The fourth-order valence-corrected chi connectivity index (χ4v) is 6.44. The van der Waals surface area contributed by atoms with E-state index < -0.39 is 22.2 Å². The smallest absolute Gasteiger partial charge is 0.251 e. The van der Waals surface area contributed by atoms with Crippen LogP contribution in [-0.2, 0) is 36.0 Å². The molecular weight excluding hydrogens is 526 g/mol. The van der Waals surface area contributed by atoms with Gasteiger partial charge >= 0.3 is 0 Å². The van der Waals surface area contributed by atoms with Crippen LogP contribution in [-0.4, -0.2) is 60.5 Å². The van der Waals surface area contributed by atoms with Crippen molar-refractivity contribution in [2.75, 3.05) is 23.7 Å².